The molecule has 2 aromatic rings. The predicted octanol–water partition coefficient (Wildman–Crippen LogP) is 6.20. The zero-order valence-electron chi connectivity index (χ0n) is 15.7. The second kappa shape index (κ2) is 9.47. The SMILES string of the molecule is Cl.O=C1CCCN1C1CCCC(Cc2c(Cl)cc(-c3cccnc3)cc2Cl)C1. The van der Waals surface area contributed by atoms with Gasteiger partial charge in [-0.05, 0) is 67.3 Å². The first-order chi connectivity index (χ1) is 13.1. The lowest BCUT2D eigenvalue weighted by Crippen LogP contribution is -2.39. The molecule has 28 heavy (non-hydrogen) atoms. The zero-order chi connectivity index (χ0) is 18.8. The largest absolute Gasteiger partial charge is 0.340 e. The molecular weight excluding hydrogens is 415 g/mol. The highest BCUT2D eigenvalue weighted by Gasteiger charge is 2.32. The lowest BCUT2D eigenvalue weighted by molar-refractivity contribution is -0.130. The van der Waals surface area contributed by atoms with Gasteiger partial charge in [-0.1, -0.05) is 35.7 Å². The van der Waals surface area contributed by atoms with E-state index in [0.29, 0.717) is 24.3 Å². The van der Waals surface area contributed by atoms with Crippen molar-refractivity contribution < 1.29 is 4.79 Å². The minimum atomic E-state index is 0. The number of benzene rings is 1. The minimum absolute atomic E-state index is 0. The van der Waals surface area contributed by atoms with Crippen molar-refractivity contribution in [1.29, 1.82) is 0 Å². The molecule has 2 heterocycles. The van der Waals surface area contributed by atoms with Crippen LogP contribution in [-0.2, 0) is 11.2 Å². The number of halogens is 3. The van der Waals surface area contributed by atoms with Gasteiger partial charge in [0.25, 0.3) is 0 Å². The Morgan fingerprint density at radius 3 is 2.54 bits per heavy atom. The summed E-state index contributed by atoms with van der Waals surface area (Å²) in [7, 11) is 0. The predicted molar refractivity (Wildman–Crippen MR) is 117 cm³/mol. The number of amides is 1. The van der Waals surface area contributed by atoms with Crippen LogP contribution in [0.4, 0.5) is 0 Å². The summed E-state index contributed by atoms with van der Waals surface area (Å²) in [6.45, 7) is 0.928. The van der Waals surface area contributed by atoms with E-state index in [1.807, 2.05) is 30.5 Å². The molecule has 3 nitrogen and oxygen atoms in total. The first-order valence-corrected chi connectivity index (χ1v) is 10.5. The quantitative estimate of drug-likeness (QED) is 0.568. The average Bonchev–Trinajstić information content (AvgIpc) is 3.11. The maximum atomic E-state index is 12.1. The lowest BCUT2D eigenvalue weighted by atomic mass is 9.81. The van der Waals surface area contributed by atoms with Crippen LogP contribution in [0.5, 0.6) is 0 Å². The van der Waals surface area contributed by atoms with Gasteiger partial charge in [0, 0.05) is 47.0 Å². The third-order valence-electron chi connectivity index (χ3n) is 5.93. The summed E-state index contributed by atoms with van der Waals surface area (Å²) < 4.78 is 0. The fourth-order valence-electron chi connectivity index (χ4n) is 4.57. The molecule has 6 heteroatoms. The van der Waals surface area contributed by atoms with E-state index in [1.54, 1.807) is 6.20 Å². The molecule has 1 aliphatic heterocycles. The highest BCUT2D eigenvalue weighted by Crippen LogP contribution is 2.37. The molecule has 2 atom stereocenters. The van der Waals surface area contributed by atoms with Crippen molar-refractivity contribution in [3.8, 4) is 11.1 Å². The third-order valence-corrected chi connectivity index (χ3v) is 6.61. The lowest BCUT2D eigenvalue weighted by Gasteiger charge is -2.35. The number of hydrogen-bond acceptors (Lipinski definition) is 2. The van der Waals surface area contributed by atoms with E-state index in [0.717, 1.165) is 59.0 Å². The second-order valence-electron chi connectivity index (χ2n) is 7.74. The molecule has 150 valence electrons. The highest BCUT2D eigenvalue weighted by atomic mass is 35.5. The first-order valence-electron chi connectivity index (χ1n) is 9.79. The van der Waals surface area contributed by atoms with E-state index in [4.69, 9.17) is 23.2 Å². The van der Waals surface area contributed by atoms with Gasteiger partial charge in [0.15, 0.2) is 0 Å². The van der Waals surface area contributed by atoms with Gasteiger partial charge in [-0.2, -0.15) is 0 Å². The van der Waals surface area contributed by atoms with E-state index in [1.165, 1.54) is 12.8 Å². The van der Waals surface area contributed by atoms with Gasteiger partial charge in [-0.25, -0.2) is 0 Å². The van der Waals surface area contributed by atoms with Gasteiger partial charge in [0.1, 0.15) is 0 Å². The summed E-state index contributed by atoms with van der Waals surface area (Å²) in [6, 6.07) is 8.29. The number of nitrogens with zero attached hydrogens (tertiary/aromatic N) is 2. The molecule has 0 bridgehead atoms. The summed E-state index contributed by atoms with van der Waals surface area (Å²) in [5, 5.41) is 1.45. The van der Waals surface area contributed by atoms with Gasteiger partial charge in [-0.3, -0.25) is 9.78 Å². The number of carbonyl (C=O) groups excluding carboxylic acids is 1. The van der Waals surface area contributed by atoms with Gasteiger partial charge in [-0.15, -0.1) is 12.4 Å². The Morgan fingerprint density at radius 1 is 1.11 bits per heavy atom. The summed E-state index contributed by atoms with van der Waals surface area (Å²) in [6.07, 6.45) is 10.7. The van der Waals surface area contributed by atoms with Crippen molar-refractivity contribution in [2.75, 3.05) is 6.54 Å². The first kappa shape index (κ1) is 21.4. The Hall–Kier alpha value is -1.29. The Kier molecular flexibility index (Phi) is 7.25. The van der Waals surface area contributed by atoms with Crippen LogP contribution in [0.3, 0.4) is 0 Å². The van der Waals surface area contributed by atoms with Crippen LogP contribution in [0.2, 0.25) is 10.0 Å². The topological polar surface area (TPSA) is 33.2 Å². The summed E-state index contributed by atoms with van der Waals surface area (Å²) in [5.74, 6) is 0.855. The molecule has 2 aliphatic rings. The van der Waals surface area contributed by atoms with Gasteiger partial charge < -0.3 is 4.90 Å². The number of likely N-dealkylation sites (tertiary alicyclic amines) is 1. The monoisotopic (exact) mass is 438 g/mol. The minimum Gasteiger partial charge on any atom is -0.340 e. The van der Waals surface area contributed by atoms with E-state index >= 15 is 0 Å². The van der Waals surface area contributed by atoms with E-state index < -0.39 is 0 Å². The maximum absolute atomic E-state index is 12.1. The van der Waals surface area contributed by atoms with Crippen LogP contribution in [0.15, 0.2) is 36.7 Å². The zero-order valence-corrected chi connectivity index (χ0v) is 18.1. The normalized spacial score (nSPS) is 22.2. The molecule has 1 aromatic heterocycles. The summed E-state index contributed by atoms with van der Waals surface area (Å²) in [5.41, 5.74) is 3.04. The van der Waals surface area contributed by atoms with Crippen LogP contribution in [0.1, 0.15) is 44.1 Å². The van der Waals surface area contributed by atoms with Crippen LogP contribution < -0.4 is 0 Å². The molecule has 1 amide bonds. The Bertz CT molecular complexity index is 805. The van der Waals surface area contributed by atoms with Crippen molar-refractivity contribution >= 4 is 41.5 Å². The average molecular weight is 440 g/mol. The van der Waals surface area contributed by atoms with Crippen LogP contribution in [0, 0.1) is 5.92 Å². The highest BCUT2D eigenvalue weighted by molar-refractivity contribution is 6.36. The number of hydrogen-bond donors (Lipinski definition) is 0. The van der Waals surface area contributed by atoms with Crippen molar-refractivity contribution in [1.82, 2.24) is 9.88 Å². The molecule has 1 saturated heterocycles. The smallest absolute Gasteiger partial charge is 0.222 e. The standard InChI is InChI=1S/C22H24Cl2N2O.ClH/c23-20-12-17(16-5-2-8-25-14-16)13-21(24)19(20)11-15-4-1-6-18(10-15)26-9-3-7-22(26)27;/h2,5,8,12-15,18H,1,3-4,6-7,9-11H2;1H. The molecule has 1 aliphatic carbocycles. The van der Waals surface area contributed by atoms with Crippen molar-refractivity contribution in [2.45, 2.75) is 51.0 Å². The number of carbonyl (C=O) groups is 1. The van der Waals surface area contributed by atoms with E-state index in [-0.39, 0.29) is 12.4 Å². The second-order valence-corrected chi connectivity index (χ2v) is 8.56. The number of rotatable bonds is 4. The van der Waals surface area contributed by atoms with Crippen molar-refractivity contribution in [2.24, 2.45) is 5.92 Å². The van der Waals surface area contributed by atoms with E-state index in [2.05, 4.69) is 9.88 Å². The molecule has 0 spiro atoms. The number of aromatic nitrogens is 1. The Balaban J connectivity index is 0.00000225. The Morgan fingerprint density at radius 2 is 1.89 bits per heavy atom. The van der Waals surface area contributed by atoms with Crippen LogP contribution >= 0.6 is 35.6 Å². The Labute approximate surface area is 182 Å². The molecule has 1 aromatic carbocycles. The summed E-state index contributed by atoms with van der Waals surface area (Å²) >= 11 is 13.2. The van der Waals surface area contributed by atoms with Gasteiger partial charge in [0.2, 0.25) is 5.91 Å². The molecule has 2 fully saturated rings. The van der Waals surface area contributed by atoms with Crippen molar-refractivity contribution in [3.05, 3.63) is 52.3 Å². The van der Waals surface area contributed by atoms with E-state index in [9.17, 15) is 4.79 Å². The molecule has 2 unspecified atom stereocenters. The van der Waals surface area contributed by atoms with Gasteiger partial charge >= 0.3 is 0 Å². The van der Waals surface area contributed by atoms with Gasteiger partial charge in [0.05, 0.1) is 0 Å². The third kappa shape index (κ3) is 4.64. The molecule has 0 radical (unpaired) electrons. The van der Waals surface area contributed by atoms with Crippen LogP contribution in [-0.4, -0.2) is 28.4 Å². The number of pyridine rings is 1. The maximum Gasteiger partial charge on any atom is 0.222 e. The van der Waals surface area contributed by atoms with Crippen LogP contribution in [0.25, 0.3) is 11.1 Å². The molecule has 1 saturated carbocycles. The molecular formula is C22H25Cl3N2O. The fourth-order valence-corrected chi connectivity index (χ4v) is 5.21. The summed E-state index contributed by atoms with van der Waals surface area (Å²) in [4.78, 5) is 18.4. The van der Waals surface area contributed by atoms with Crippen molar-refractivity contribution in [3.63, 3.8) is 0 Å². The molecule has 4 rings (SSSR count). The molecule has 0 N–H and O–H groups in total. The fraction of sp³-hybridized carbons (Fsp3) is 0.455.